The van der Waals surface area contributed by atoms with Crippen LogP contribution in [0.3, 0.4) is 0 Å². The third-order valence-corrected chi connectivity index (χ3v) is 3.63. The highest BCUT2D eigenvalue weighted by Gasteiger charge is 2.18. The minimum absolute atomic E-state index is 0.124. The van der Waals surface area contributed by atoms with Crippen molar-refractivity contribution < 1.29 is 19.1 Å². The lowest BCUT2D eigenvalue weighted by Crippen LogP contribution is -2.17. The Kier molecular flexibility index (Phi) is 5.76. The molecule has 2 aromatic rings. The first-order chi connectivity index (χ1) is 11.2. The zero-order chi connectivity index (χ0) is 17.9. The van der Waals surface area contributed by atoms with Crippen LogP contribution in [0.25, 0.3) is 11.2 Å². The summed E-state index contributed by atoms with van der Waals surface area (Å²) in [6, 6.07) is 0. The van der Waals surface area contributed by atoms with E-state index in [0.717, 1.165) is 6.54 Å². The van der Waals surface area contributed by atoms with Crippen molar-refractivity contribution in [2.45, 2.75) is 33.4 Å². The Morgan fingerprint density at radius 2 is 2.08 bits per heavy atom. The van der Waals surface area contributed by atoms with Crippen LogP contribution in [0.1, 0.15) is 20.8 Å². The number of nitrogens with zero attached hydrogens (tertiary/aromatic N) is 4. The largest absolute Gasteiger partial charge is 0.368 e. The summed E-state index contributed by atoms with van der Waals surface area (Å²) in [5, 5.41) is 3.20. The Labute approximate surface area is 139 Å². The minimum Gasteiger partial charge on any atom is -0.368 e. The lowest BCUT2D eigenvalue weighted by atomic mass is 10.2. The van der Waals surface area contributed by atoms with Crippen molar-refractivity contribution in [1.29, 1.82) is 0 Å². The van der Waals surface area contributed by atoms with Crippen LogP contribution in [-0.4, -0.2) is 48.3 Å². The van der Waals surface area contributed by atoms with Gasteiger partial charge in [0.05, 0.1) is 19.0 Å². The van der Waals surface area contributed by atoms with Crippen LogP contribution in [0, 0.1) is 5.92 Å². The van der Waals surface area contributed by atoms with Gasteiger partial charge in [0.2, 0.25) is 5.95 Å². The first kappa shape index (κ1) is 18.6. The van der Waals surface area contributed by atoms with E-state index in [-0.39, 0.29) is 5.95 Å². The van der Waals surface area contributed by atoms with Crippen molar-refractivity contribution in [3.05, 3.63) is 6.33 Å². The van der Waals surface area contributed by atoms with Crippen LogP contribution in [0.5, 0.6) is 0 Å². The van der Waals surface area contributed by atoms with Crippen LogP contribution >= 0.6 is 7.60 Å². The van der Waals surface area contributed by atoms with Gasteiger partial charge in [-0.2, -0.15) is 9.97 Å². The van der Waals surface area contributed by atoms with Crippen LogP contribution in [0.4, 0.5) is 11.8 Å². The first-order valence-electron chi connectivity index (χ1n) is 7.54. The van der Waals surface area contributed by atoms with E-state index in [0.29, 0.717) is 29.4 Å². The van der Waals surface area contributed by atoms with Gasteiger partial charge in [0, 0.05) is 6.54 Å². The predicted octanol–water partition coefficient (Wildman–Crippen LogP) is 1.02. The molecule has 0 aliphatic heterocycles. The molecule has 0 bridgehead atoms. The molecule has 0 aliphatic carbocycles. The second kappa shape index (κ2) is 7.43. The number of hydrogen-bond acceptors (Lipinski definition) is 7. The smallest absolute Gasteiger partial charge is 0.350 e. The zero-order valence-corrected chi connectivity index (χ0v) is 14.8. The van der Waals surface area contributed by atoms with Gasteiger partial charge in [-0.1, -0.05) is 13.8 Å². The van der Waals surface area contributed by atoms with E-state index in [1.165, 1.54) is 0 Å². The zero-order valence-electron chi connectivity index (χ0n) is 13.9. The van der Waals surface area contributed by atoms with E-state index in [9.17, 15) is 4.57 Å². The summed E-state index contributed by atoms with van der Waals surface area (Å²) in [6.07, 6.45) is 0.522. The van der Waals surface area contributed by atoms with Crippen molar-refractivity contribution in [2.75, 3.05) is 23.9 Å². The normalized spacial score (nSPS) is 13.6. The summed E-state index contributed by atoms with van der Waals surface area (Å²) in [6.45, 7) is 6.92. The van der Waals surface area contributed by atoms with Crippen molar-refractivity contribution >= 4 is 30.5 Å². The Morgan fingerprint density at radius 3 is 2.71 bits per heavy atom. The molecule has 11 heteroatoms. The predicted molar refractivity (Wildman–Crippen MR) is 90.5 cm³/mol. The number of anilines is 2. The average Bonchev–Trinajstić information content (AvgIpc) is 2.85. The summed E-state index contributed by atoms with van der Waals surface area (Å²) in [4.78, 5) is 30.4. The van der Waals surface area contributed by atoms with Gasteiger partial charge < -0.3 is 30.1 Å². The number of nitrogens with two attached hydrogens (primary N) is 1. The maximum absolute atomic E-state index is 10.9. The molecule has 0 radical (unpaired) electrons. The molecule has 0 unspecified atom stereocenters. The number of nitrogens with one attached hydrogen (secondary N) is 1. The fraction of sp³-hybridized carbons (Fsp3) is 0.615. The summed E-state index contributed by atoms with van der Waals surface area (Å²) >= 11 is 0. The van der Waals surface area contributed by atoms with E-state index in [1.54, 1.807) is 17.8 Å². The number of aromatic nitrogens is 4. The van der Waals surface area contributed by atoms with E-state index < -0.39 is 20.0 Å². The van der Waals surface area contributed by atoms with Crippen molar-refractivity contribution in [3.8, 4) is 0 Å². The monoisotopic (exact) mass is 358 g/mol. The lowest BCUT2D eigenvalue weighted by Gasteiger charge is -2.15. The van der Waals surface area contributed by atoms with E-state index >= 15 is 0 Å². The number of imidazole rings is 1. The number of rotatable bonds is 8. The molecule has 1 atom stereocenters. The van der Waals surface area contributed by atoms with Crippen LogP contribution in [-0.2, 0) is 15.8 Å². The Balaban J connectivity index is 2.18. The SMILES string of the molecule is CC(C)CNc1nc(N)nc2c1ncn2C[C@@H](C)OCP(=O)(O)O. The minimum atomic E-state index is -4.19. The van der Waals surface area contributed by atoms with Gasteiger partial charge in [-0.15, -0.1) is 0 Å². The fourth-order valence-electron chi connectivity index (χ4n) is 2.07. The summed E-state index contributed by atoms with van der Waals surface area (Å²) in [5.74, 6) is 1.12. The molecule has 0 aromatic carbocycles. The maximum Gasteiger partial charge on any atom is 0.350 e. The highest BCUT2D eigenvalue weighted by molar-refractivity contribution is 7.51. The molecule has 24 heavy (non-hydrogen) atoms. The Bertz CT molecular complexity index is 743. The Morgan fingerprint density at radius 1 is 1.38 bits per heavy atom. The lowest BCUT2D eigenvalue weighted by molar-refractivity contribution is 0.0764. The van der Waals surface area contributed by atoms with Crippen LogP contribution in [0.15, 0.2) is 6.33 Å². The third-order valence-electron chi connectivity index (χ3n) is 3.14. The Hall–Kier alpha value is -1.74. The van der Waals surface area contributed by atoms with Gasteiger partial charge in [0.25, 0.3) is 0 Å². The standard InChI is InChI=1S/C13H23N6O4P/c1-8(2)4-15-11-10-12(18-13(14)17-11)19(6-16-10)5-9(3)23-7-24(20,21)22/h6,8-9H,4-5,7H2,1-3H3,(H2,20,21,22)(H3,14,15,17,18)/t9-/m1/s1. The topological polar surface area (TPSA) is 148 Å². The molecule has 0 saturated heterocycles. The highest BCUT2D eigenvalue weighted by atomic mass is 31.2. The molecule has 2 aromatic heterocycles. The molecule has 0 aliphatic rings. The molecule has 5 N–H and O–H groups in total. The fourth-order valence-corrected chi connectivity index (χ4v) is 2.52. The van der Waals surface area contributed by atoms with Crippen LogP contribution < -0.4 is 11.1 Å². The second-order valence-electron chi connectivity index (χ2n) is 6.05. The van der Waals surface area contributed by atoms with Gasteiger partial charge >= 0.3 is 7.60 Å². The summed E-state index contributed by atoms with van der Waals surface area (Å²) in [5.41, 5.74) is 6.90. The number of fused-ring (bicyclic) bond motifs is 1. The van der Waals surface area contributed by atoms with Gasteiger partial charge in [-0.05, 0) is 12.8 Å². The number of hydrogen-bond donors (Lipinski definition) is 4. The van der Waals surface area contributed by atoms with Crippen molar-refractivity contribution in [2.24, 2.45) is 5.92 Å². The van der Waals surface area contributed by atoms with E-state index in [1.807, 2.05) is 0 Å². The molecule has 0 spiro atoms. The molecule has 2 rings (SSSR count). The molecule has 2 heterocycles. The average molecular weight is 358 g/mol. The van der Waals surface area contributed by atoms with E-state index in [4.69, 9.17) is 20.3 Å². The van der Waals surface area contributed by atoms with Gasteiger partial charge in [-0.3, -0.25) is 4.57 Å². The summed E-state index contributed by atoms with van der Waals surface area (Å²) in [7, 11) is -4.19. The third kappa shape index (κ3) is 5.13. The van der Waals surface area contributed by atoms with E-state index in [2.05, 4.69) is 34.1 Å². The first-order valence-corrected chi connectivity index (χ1v) is 9.34. The molecule has 0 amide bonds. The number of ether oxygens (including phenoxy) is 1. The summed E-state index contributed by atoms with van der Waals surface area (Å²) < 4.78 is 17.8. The maximum atomic E-state index is 10.9. The second-order valence-corrected chi connectivity index (χ2v) is 7.63. The quantitative estimate of drug-likeness (QED) is 0.507. The van der Waals surface area contributed by atoms with Crippen LogP contribution in [0.2, 0.25) is 0 Å². The molecular formula is C13H23N6O4P. The number of nitrogen functional groups attached to an aromatic ring is 1. The van der Waals surface area contributed by atoms with Gasteiger partial charge in [0.15, 0.2) is 17.0 Å². The molecule has 0 fully saturated rings. The van der Waals surface area contributed by atoms with Gasteiger partial charge in [0.1, 0.15) is 6.35 Å². The van der Waals surface area contributed by atoms with Gasteiger partial charge in [-0.25, -0.2) is 4.98 Å². The molecule has 0 saturated carbocycles. The van der Waals surface area contributed by atoms with Crippen molar-refractivity contribution in [1.82, 2.24) is 19.5 Å². The molecular weight excluding hydrogens is 335 g/mol. The molecule has 134 valence electrons. The van der Waals surface area contributed by atoms with Crippen molar-refractivity contribution in [3.63, 3.8) is 0 Å². The molecule has 10 nitrogen and oxygen atoms in total. The highest BCUT2D eigenvalue weighted by Crippen LogP contribution is 2.34.